The molecule has 6 heteroatoms. The van der Waals surface area contributed by atoms with Crippen molar-refractivity contribution in [3.05, 3.63) is 47.5 Å². The molecule has 0 amide bonds. The first-order valence-corrected chi connectivity index (χ1v) is 5.69. The number of rotatable bonds is 4. The molecule has 0 saturated heterocycles. The number of anilines is 1. The Morgan fingerprint density at radius 1 is 1.44 bits per heavy atom. The first kappa shape index (κ1) is 12.4. The Labute approximate surface area is 109 Å². The number of carbonyl (C=O) groups is 1. The van der Waals surface area contributed by atoms with E-state index in [0.717, 1.165) is 0 Å². The molecule has 5 nitrogen and oxygen atoms in total. The van der Waals surface area contributed by atoms with Crippen molar-refractivity contribution in [1.82, 2.24) is 9.55 Å². The van der Waals surface area contributed by atoms with Crippen molar-refractivity contribution in [2.45, 2.75) is 6.04 Å². The molecule has 94 valence electrons. The van der Waals surface area contributed by atoms with Gasteiger partial charge in [0.05, 0.1) is 6.20 Å². The van der Waals surface area contributed by atoms with Crippen LogP contribution in [0.2, 0.25) is 5.15 Å². The van der Waals surface area contributed by atoms with Gasteiger partial charge < -0.3 is 15.0 Å². The van der Waals surface area contributed by atoms with E-state index in [1.165, 1.54) is 10.8 Å². The minimum Gasteiger partial charge on any atom is -0.479 e. The Morgan fingerprint density at radius 2 is 2.11 bits per heavy atom. The topological polar surface area (TPSA) is 67.2 Å². The summed E-state index contributed by atoms with van der Waals surface area (Å²) in [5.74, 6) is -0.652. The Balaban J connectivity index is 2.30. The van der Waals surface area contributed by atoms with Crippen molar-refractivity contribution in [1.29, 1.82) is 0 Å². The Hall–Kier alpha value is -2.01. The lowest BCUT2D eigenvalue weighted by atomic mass is 10.2. The van der Waals surface area contributed by atoms with Crippen molar-refractivity contribution >= 4 is 23.3 Å². The molecule has 0 fully saturated rings. The number of benzene rings is 1. The molecular weight excluding hydrogens is 254 g/mol. The molecular formula is C12H12ClN3O2. The molecule has 0 spiro atoms. The van der Waals surface area contributed by atoms with Gasteiger partial charge in [0, 0.05) is 12.7 Å². The fraction of sp³-hybridized carbons (Fsp3) is 0.167. The number of hydrogen-bond acceptors (Lipinski definition) is 3. The predicted molar refractivity (Wildman–Crippen MR) is 68.7 cm³/mol. The molecule has 2 aromatic rings. The van der Waals surface area contributed by atoms with Crippen LogP contribution < -0.4 is 5.32 Å². The van der Waals surface area contributed by atoms with Crippen molar-refractivity contribution in [2.24, 2.45) is 7.05 Å². The highest BCUT2D eigenvalue weighted by Crippen LogP contribution is 2.21. The minimum atomic E-state index is -1.01. The van der Waals surface area contributed by atoms with Gasteiger partial charge in [0.2, 0.25) is 0 Å². The van der Waals surface area contributed by atoms with Gasteiger partial charge in [-0.05, 0) is 12.1 Å². The normalized spacial score (nSPS) is 12.1. The van der Waals surface area contributed by atoms with Crippen LogP contribution in [-0.2, 0) is 11.8 Å². The minimum absolute atomic E-state index is 0.358. The van der Waals surface area contributed by atoms with Crippen molar-refractivity contribution < 1.29 is 9.90 Å². The Bertz CT molecular complexity index is 554. The van der Waals surface area contributed by atoms with Crippen LogP contribution in [0.25, 0.3) is 0 Å². The van der Waals surface area contributed by atoms with E-state index in [2.05, 4.69) is 10.3 Å². The maximum absolute atomic E-state index is 11.3. The molecule has 2 N–H and O–H groups in total. The van der Waals surface area contributed by atoms with E-state index >= 15 is 0 Å². The summed E-state index contributed by atoms with van der Waals surface area (Å²) < 4.78 is 1.54. The second kappa shape index (κ2) is 5.10. The molecule has 1 unspecified atom stereocenters. The van der Waals surface area contributed by atoms with Gasteiger partial charge in [0.15, 0.2) is 6.04 Å². The summed E-state index contributed by atoms with van der Waals surface area (Å²) in [5.41, 5.74) is 0.712. The molecule has 2 rings (SSSR count). The van der Waals surface area contributed by atoms with Crippen LogP contribution in [0.5, 0.6) is 0 Å². The highest BCUT2D eigenvalue weighted by molar-refractivity contribution is 6.29. The third-order valence-electron chi connectivity index (χ3n) is 2.56. The lowest BCUT2D eigenvalue weighted by Crippen LogP contribution is -2.23. The molecule has 18 heavy (non-hydrogen) atoms. The van der Waals surface area contributed by atoms with E-state index in [-0.39, 0.29) is 0 Å². The summed E-state index contributed by atoms with van der Waals surface area (Å²) in [6, 6.07) is 8.16. The van der Waals surface area contributed by atoms with Gasteiger partial charge in [-0.15, -0.1) is 0 Å². The molecule has 0 bridgehead atoms. The average Bonchev–Trinajstić information content (AvgIpc) is 2.68. The van der Waals surface area contributed by atoms with E-state index in [9.17, 15) is 9.90 Å². The Kier molecular flexibility index (Phi) is 3.53. The van der Waals surface area contributed by atoms with Crippen molar-refractivity contribution in [3.8, 4) is 0 Å². The maximum Gasteiger partial charge on any atom is 0.334 e. The predicted octanol–water partition coefficient (Wildman–Crippen LogP) is 2.31. The molecule has 0 aliphatic heterocycles. The van der Waals surface area contributed by atoms with Crippen LogP contribution in [0.1, 0.15) is 11.9 Å². The van der Waals surface area contributed by atoms with Crippen LogP contribution in [0.3, 0.4) is 0 Å². The number of para-hydroxylation sites is 1. The third kappa shape index (κ3) is 2.46. The smallest absolute Gasteiger partial charge is 0.334 e. The summed E-state index contributed by atoms with van der Waals surface area (Å²) in [6.07, 6.45) is 1.43. The van der Waals surface area contributed by atoms with Crippen LogP contribution in [0.15, 0.2) is 36.5 Å². The number of nitrogens with zero attached hydrogens (tertiary/aromatic N) is 2. The lowest BCUT2D eigenvalue weighted by molar-refractivity contribution is -0.138. The monoisotopic (exact) mass is 265 g/mol. The number of aliphatic carboxylic acids is 1. The summed E-state index contributed by atoms with van der Waals surface area (Å²) in [7, 11) is 1.67. The number of halogens is 1. The molecule has 0 saturated carbocycles. The summed E-state index contributed by atoms with van der Waals surface area (Å²) in [4.78, 5) is 15.3. The van der Waals surface area contributed by atoms with E-state index in [4.69, 9.17) is 11.6 Å². The SMILES string of the molecule is Cn1c(Cl)cnc1C(Nc1ccccc1)C(=O)O. The van der Waals surface area contributed by atoms with Gasteiger partial charge in [-0.2, -0.15) is 0 Å². The number of imidazole rings is 1. The van der Waals surface area contributed by atoms with E-state index in [1.807, 2.05) is 18.2 Å². The molecule has 1 heterocycles. The lowest BCUT2D eigenvalue weighted by Gasteiger charge is -2.15. The number of hydrogen-bond donors (Lipinski definition) is 2. The number of aromatic nitrogens is 2. The van der Waals surface area contributed by atoms with Gasteiger partial charge in [-0.1, -0.05) is 29.8 Å². The molecule has 1 aromatic carbocycles. The second-order valence-electron chi connectivity index (χ2n) is 3.78. The molecule has 0 aliphatic rings. The second-order valence-corrected chi connectivity index (χ2v) is 4.17. The largest absolute Gasteiger partial charge is 0.479 e. The van der Waals surface area contributed by atoms with Gasteiger partial charge in [-0.3, -0.25) is 0 Å². The quantitative estimate of drug-likeness (QED) is 0.890. The average molecular weight is 266 g/mol. The number of carboxylic acids is 1. The van der Waals surface area contributed by atoms with Crippen molar-refractivity contribution in [2.75, 3.05) is 5.32 Å². The van der Waals surface area contributed by atoms with Gasteiger partial charge in [0.1, 0.15) is 11.0 Å². The van der Waals surface area contributed by atoms with Gasteiger partial charge in [0.25, 0.3) is 0 Å². The fourth-order valence-electron chi connectivity index (χ4n) is 1.61. The third-order valence-corrected chi connectivity index (χ3v) is 2.91. The van der Waals surface area contributed by atoms with E-state index in [0.29, 0.717) is 16.7 Å². The molecule has 1 aromatic heterocycles. The van der Waals surface area contributed by atoms with Crippen LogP contribution in [0.4, 0.5) is 5.69 Å². The zero-order chi connectivity index (χ0) is 13.1. The molecule has 1 atom stereocenters. The first-order valence-electron chi connectivity index (χ1n) is 5.31. The van der Waals surface area contributed by atoms with E-state index in [1.54, 1.807) is 19.2 Å². The first-order chi connectivity index (χ1) is 8.59. The highest BCUT2D eigenvalue weighted by Gasteiger charge is 2.24. The van der Waals surface area contributed by atoms with Gasteiger partial charge >= 0.3 is 5.97 Å². The Morgan fingerprint density at radius 3 is 2.61 bits per heavy atom. The van der Waals surface area contributed by atoms with Gasteiger partial charge in [-0.25, -0.2) is 9.78 Å². The van der Waals surface area contributed by atoms with E-state index < -0.39 is 12.0 Å². The number of carboxylic acid groups (broad SMARTS) is 1. The molecule has 0 aliphatic carbocycles. The zero-order valence-electron chi connectivity index (χ0n) is 9.67. The maximum atomic E-state index is 11.3. The standard InChI is InChI=1S/C12H12ClN3O2/c1-16-9(13)7-14-11(16)10(12(17)18)15-8-5-3-2-4-6-8/h2-7,10,15H,1H3,(H,17,18). The summed E-state index contributed by atoms with van der Waals surface area (Å²) in [6.45, 7) is 0. The fourth-order valence-corrected chi connectivity index (χ4v) is 1.74. The van der Waals surface area contributed by atoms with Crippen LogP contribution in [0, 0.1) is 0 Å². The van der Waals surface area contributed by atoms with Crippen LogP contribution in [-0.4, -0.2) is 20.6 Å². The van der Waals surface area contributed by atoms with Crippen molar-refractivity contribution in [3.63, 3.8) is 0 Å². The zero-order valence-corrected chi connectivity index (χ0v) is 10.4. The summed E-state index contributed by atoms with van der Waals surface area (Å²) >= 11 is 5.86. The number of nitrogens with one attached hydrogen (secondary N) is 1. The highest BCUT2D eigenvalue weighted by atomic mass is 35.5. The summed E-state index contributed by atoms with van der Waals surface area (Å²) in [5, 5.41) is 12.6. The van der Waals surface area contributed by atoms with Crippen LogP contribution >= 0.6 is 11.6 Å². The molecule has 0 radical (unpaired) electrons.